The van der Waals surface area contributed by atoms with E-state index in [2.05, 4.69) is 20.5 Å². The molecule has 3 aromatic heterocycles. The highest BCUT2D eigenvalue weighted by molar-refractivity contribution is 5.58. The van der Waals surface area contributed by atoms with E-state index in [9.17, 15) is 9.18 Å². The molecule has 3 aromatic rings. The quantitative estimate of drug-likeness (QED) is 0.711. The summed E-state index contributed by atoms with van der Waals surface area (Å²) in [6.45, 7) is 2.50. The SMILES string of the molecule is C1CCCNCC1.Cn1cc(-c2cn3ncc(F)c3c(=O)[nH]2)cn1. The number of aromatic amines is 1. The van der Waals surface area contributed by atoms with Crippen LogP contribution in [0.2, 0.25) is 0 Å². The van der Waals surface area contributed by atoms with E-state index in [1.54, 1.807) is 30.3 Å². The molecule has 8 heteroatoms. The van der Waals surface area contributed by atoms with Crippen LogP contribution in [0.5, 0.6) is 0 Å². The first-order chi connectivity index (χ1) is 11.6. The Morgan fingerprint density at radius 1 is 1.08 bits per heavy atom. The van der Waals surface area contributed by atoms with Crippen molar-refractivity contribution >= 4 is 5.52 Å². The molecule has 0 atom stereocenters. The van der Waals surface area contributed by atoms with Gasteiger partial charge in [-0.3, -0.25) is 9.48 Å². The molecule has 0 radical (unpaired) electrons. The largest absolute Gasteiger partial charge is 0.319 e. The number of nitrogens with zero attached hydrogens (tertiary/aromatic N) is 4. The van der Waals surface area contributed by atoms with Gasteiger partial charge in [0, 0.05) is 18.8 Å². The van der Waals surface area contributed by atoms with Gasteiger partial charge in [0.15, 0.2) is 11.3 Å². The average molecular weight is 332 g/mol. The minimum absolute atomic E-state index is 0.0855. The van der Waals surface area contributed by atoms with Crippen molar-refractivity contribution in [2.75, 3.05) is 13.1 Å². The molecule has 1 fully saturated rings. The molecule has 128 valence electrons. The minimum Gasteiger partial charge on any atom is -0.319 e. The Balaban J connectivity index is 0.000000203. The van der Waals surface area contributed by atoms with Gasteiger partial charge in [-0.25, -0.2) is 8.91 Å². The molecule has 4 rings (SSSR count). The van der Waals surface area contributed by atoms with Crippen LogP contribution in [0.4, 0.5) is 4.39 Å². The Morgan fingerprint density at radius 2 is 1.83 bits per heavy atom. The van der Waals surface area contributed by atoms with Crippen molar-refractivity contribution in [3.05, 3.63) is 41.0 Å². The Hall–Kier alpha value is -2.48. The highest BCUT2D eigenvalue weighted by Crippen LogP contribution is 2.14. The van der Waals surface area contributed by atoms with E-state index < -0.39 is 11.4 Å². The Morgan fingerprint density at radius 3 is 2.50 bits per heavy atom. The Kier molecular flexibility index (Phi) is 5.05. The predicted molar refractivity (Wildman–Crippen MR) is 89.3 cm³/mol. The molecule has 2 N–H and O–H groups in total. The summed E-state index contributed by atoms with van der Waals surface area (Å²) in [5, 5.41) is 11.1. The van der Waals surface area contributed by atoms with E-state index >= 15 is 0 Å². The minimum atomic E-state index is -0.635. The van der Waals surface area contributed by atoms with Crippen molar-refractivity contribution in [3.63, 3.8) is 0 Å². The molecule has 0 saturated carbocycles. The highest BCUT2D eigenvalue weighted by atomic mass is 19.1. The molecule has 24 heavy (non-hydrogen) atoms. The number of aryl methyl sites for hydroxylation is 1. The van der Waals surface area contributed by atoms with Crippen molar-refractivity contribution in [1.82, 2.24) is 29.7 Å². The van der Waals surface area contributed by atoms with Crippen LogP contribution in [0.15, 0.2) is 29.6 Å². The van der Waals surface area contributed by atoms with Gasteiger partial charge in [0.2, 0.25) is 0 Å². The fourth-order valence-electron chi connectivity index (χ4n) is 2.67. The first kappa shape index (κ1) is 16.4. The van der Waals surface area contributed by atoms with E-state index in [0.29, 0.717) is 5.69 Å². The zero-order valence-electron chi connectivity index (χ0n) is 13.6. The molecule has 0 spiro atoms. The number of H-pyrrole nitrogens is 1. The van der Waals surface area contributed by atoms with Crippen molar-refractivity contribution in [3.8, 4) is 11.3 Å². The maximum absolute atomic E-state index is 13.2. The standard InChI is InChI=1S/C10H8FN5O.C6H13N/c1-15-4-6(2-12-15)8-5-16-9(10(17)14-8)7(11)3-13-16;1-2-4-6-7-5-3-1/h2-5H,1H3,(H,14,17);7H,1-6H2. The third-order valence-corrected chi connectivity index (χ3v) is 3.94. The Bertz CT molecular complexity index is 845. The lowest BCUT2D eigenvalue weighted by Gasteiger charge is -1.98. The zero-order chi connectivity index (χ0) is 16.9. The third-order valence-electron chi connectivity index (χ3n) is 3.94. The first-order valence-electron chi connectivity index (χ1n) is 8.11. The predicted octanol–water partition coefficient (Wildman–Crippen LogP) is 1.71. The van der Waals surface area contributed by atoms with Gasteiger partial charge in [0.05, 0.1) is 24.3 Å². The number of nitrogens with one attached hydrogen (secondary N) is 2. The second-order valence-electron chi connectivity index (χ2n) is 5.85. The number of hydrogen-bond donors (Lipinski definition) is 2. The molecule has 0 aliphatic carbocycles. The van der Waals surface area contributed by atoms with Gasteiger partial charge in [-0.05, 0) is 25.9 Å². The van der Waals surface area contributed by atoms with Crippen LogP contribution in [0.25, 0.3) is 16.8 Å². The normalized spacial score (nSPS) is 14.9. The fourth-order valence-corrected chi connectivity index (χ4v) is 2.67. The maximum Gasteiger partial charge on any atom is 0.277 e. The smallest absolute Gasteiger partial charge is 0.277 e. The lowest BCUT2D eigenvalue weighted by Crippen LogP contribution is -2.12. The molecule has 1 saturated heterocycles. The lowest BCUT2D eigenvalue weighted by molar-refractivity contribution is 0.638. The molecule has 0 amide bonds. The van der Waals surface area contributed by atoms with Gasteiger partial charge in [0.25, 0.3) is 5.56 Å². The van der Waals surface area contributed by atoms with Crippen LogP contribution in [-0.2, 0) is 7.05 Å². The molecular weight excluding hydrogens is 311 g/mol. The number of fused-ring (bicyclic) bond motifs is 1. The summed E-state index contributed by atoms with van der Waals surface area (Å²) >= 11 is 0. The van der Waals surface area contributed by atoms with E-state index in [-0.39, 0.29) is 5.52 Å². The molecule has 1 aliphatic heterocycles. The van der Waals surface area contributed by atoms with Gasteiger partial charge in [-0.15, -0.1) is 0 Å². The van der Waals surface area contributed by atoms with Crippen LogP contribution < -0.4 is 10.9 Å². The van der Waals surface area contributed by atoms with E-state index in [0.717, 1.165) is 11.8 Å². The van der Waals surface area contributed by atoms with Crippen LogP contribution in [-0.4, -0.2) is 37.5 Å². The molecule has 0 unspecified atom stereocenters. The monoisotopic (exact) mass is 332 g/mol. The van der Waals surface area contributed by atoms with Gasteiger partial charge >= 0.3 is 0 Å². The highest BCUT2D eigenvalue weighted by Gasteiger charge is 2.10. The summed E-state index contributed by atoms with van der Waals surface area (Å²) in [5.41, 5.74) is 0.681. The van der Waals surface area contributed by atoms with Gasteiger partial charge in [-0.1, -0.05) is 12.8 Å². The van der Waals surface area contributed by atoms with Crippen LogP contribution >= 0.6 is 0 Å². The van der Waals surface area contributed by atoms with E-state index in [4.69, 9.17) is 0 Å². The molecule has 0 aromatic carbocycles. The summed E-state index contributed by atoms with van der Waals surface area (Å²) in [6, 6.07) is 0. The molecule has 0 bridgehead atoms. The summed E-state index contributed by atoms with van der Waals surface area (Å²) in [4.78, 5) is 14.3. The van der Waals surface area contributed by atoms with Crippen molar-refractivity contribution in [2.24, 2.45) is 7.05 Å². The summed E-state index contributed by atoms with van der Waals surface area (Å²) in [5.74, 6) is -0.635. The molecular formula is C16H21FN6O. The number of halogens is 1. The maximum atomic E-state index is 13.2. The first-order valence-corrected chi connectivity index (χ1v) is 8.11. The average Bonchev–Trinajstić information content (AvgIpc) is 3.03. The fraction of sp³-hybridized carbons (Fsp3) is 0.438. The van der Waals surface area contributed by atoms with Gasteiger partial charge in [0.1, 0.15) is 0 Å². The number of aromatic nitrogens is 5. The van der Waals surface area contributed by atoms with Crippen LogP contribution in [0.1, 0.15) is 25.7 Å². The topological polar surface area (TPSA) is 80.0 Å². The second kappa shape index (κ2) is 7.39. The summed E-state index contributed by atoms with van der Waals surface area (Å²) < 4.78 is 16.1. The molecule has 4 heterocycles. The Labute approximate surface area is 138 Å². The second-order valence-corrected chi connectivity index (χ2v) is 5.85. The lowest BCUT2D eigenvalue weighted by atomic mass is 10.2. The van der Waals surface area contributed by atoms with Crippen LogP contribution in [0.3, 0.4) is 0 Å². The van der Waals surface area contributed by atoms with E-state index in [1.165, 1.54) is 43.3 Å². The number of rotatable bonds is 1. The van der Waals surface area contributed by atoms with Crippen molar-refractivity contribution in [1.29, 1.82) is 0 Å². The van der Waals surface area contributed by atoms with E-state index in [1.807, 2.05) is 0 Å². The van der Waals surface area contributed by atoms with Crippen molar-refractivity contribution in [2.45, 2.75) is 25.7 Å². The zero-order valence-corrected chi connectivity index (χ0v) is 13.6. The summed E-state index contributed by atoms with van der Waals surface area (Å²) in [7, 11) is 1.77. The molecule has 7 nitrogen and oxygen atoms in total. The van der Waals surface area contributed by atoms with Crippen molar-refractivity contribution < 1.29 is 4.39 Å². The van der Waals surface area contributed by atoms with Crippen LogP contribution in [0, 0.1) is 5.82 Å². The molecule has 1 aliphatic rings. The van der Waals surface area contributed by atoms with Gasteiger partial charge < -0.3 is 10.3 Å². The number of hydrogen-bond acceptors (Lipinski definition) is 4. The van der Waals surface area contributed by atoms with Gasteiger partial charge in [-0.2, -0.15) is 10.2 Å². The third kappa shape index (κ3) is 3.70. The summed E-state index contributed by atoms with van der Waals surface area (Å²) in [6.07, 6.45) is 11.6.